The van der Waals surface area contributed by atoms with Gasteiger partial charge in [0.15, 0.2) is 0 Å². The van der Waals surface area contributed by atoms with Crippen LogP contribution in [0.15, 0.2) is 61.1 Å². The van der Waals surface area contributed by atoms with E-state index in [0.717, 1.165) is 11.3 Å². The minimum absolute atomic E-state index is 0.0422. The maximum atomic E-state index is 13.7. The third-order valence-electron chi connectivity index (χ3n) is 5.54. The van der Waals surface area contributed by atoms with E-state index >= 15 is 0 Å². The summed E-state index contributed by atoms with van der Waals surface area (Å²) >= 11 is 12.6. The van der Waals surface area contributed by atoms with Crippen LogP contribution in [0.1, 0.15) is 28.6 Å². The number of benzene rings is 2. The second kappa shape index (κ2) is 9.77. The normalized spacial score (nSPS) is 11.8. The summed E-state index contributed by atoms with van der Waals surface area (Å²) in [4.78, 5) is 8.78. The van der Waals surface area contributed by atoms with Crippen molar-refractivity contribution >= 4 is 51.2 Å². The Kier molecular flexibility index (Phi) is 6.38. The summed E-state index contributed by atoms with van der Waals surface area (Å²) in [5, 5.41) is 28.0. The lowest BCUT2D eigenvalue weighted by atomic mass is 10.0. The number of aryl methyl sites for hydroxylation is 1. The van der Waals surface area contributed by atoms with Gasteiger partial charge in [0.05, 0.1) is 32.9 Å². The molecular formula is C25H17Cl2FN8. The molecule has 3 N–H and O–H groups in total. The summed E-state index contributed by atoms with van der Waals surface area (Å²) in [6.45, 7) is 1.91. The van der Waals surface area contributed by atoms with Gasteiger partial charge in [-0.15, -0.1) is 5.10 Å². The maximum Gasteiger partial charge on any atom is 0.141 e. The number of anilines is 3. The minimum atomic E-state index is -0.540. The lowest BCUT2D eigenvalue weighted by Crippen LogP contribution is -2.13. The molecule has 0 amide bonds. The highest BCUT2D eigenvalue weighted by atomic mass is 35.5. The summed E-state index contributed by atoms with van der Waals surface area (Å²) in [5.41, 5.74) is 4.81. The Morgan fingerprint density at radius 2 is 1.86 bits per heavy atom. The van der Waals surface area contributed by atoms with Crippen molar-refractivity contribution in [2.75, 3.05) is 10.6 Å². The quantitative estimate of drug-likeness (QED) is 0.241. The van der Waals surface area contributed by atoms with Gasteiger partial charge in [0.25, 0.3) is 0 Å². The molecule has 1 atom stereocenters. The average molecular weight is 519 g/mol. The number of fused-ring (bicyclic) bond motifs is 1. The van der Waals surface area contributed by atoms with Gasteiger partial charge in [-0.1, -0.05) is 34.5 Å². The van der Waals surface area contributed by atoms with Gasteiger partial charge in [-0.3, -0.25) is 15.1 Å². The molecule has 3 heterocycles. The molecule has 0 saturated carbocycles. The Bertz CT molecular complexity index is 1600. The van der Waals surface area contributed by atoms with Crippen LogP contribution in [0.5, 0.6) is 0 Å². The SMILES string of the molecule is Cc1ccc([C@H](Nc2cc(Cl)c3ncc(C#N)c(Nc4ccc(F)c(Cl)c4)c3c2)c2c[nH]nn2)cn1. The van der Waals surface area contributed by atoms with Crippen LogP contribution >= 0.6 is 23.2 Å². The van der Waals surface area contributed by atoms with Crippen LogP contribution in [0.3, 0.4) is 0 Å². The van der Waals surface area contributed by atoms with Gasteiger partial charge in [-0.05, 0) is 48.9 Å². The molecule has 0 aliphatic carbocycles. The van der Waals surface area contributed by atoms with E-state index < -0.39 is 5.82 Å². The summed E-state index contributed by atoms with van der Waals surface area (Å²) in [5.74, 6) is -0.540. The summed E-state index contributed by atoms with van der Waals surface area (Å²) in [6, 6.07) is 13.4. The van der Waals surface area contributed by atoms with Gasteiger partial charge in [-0.2, -0.15) is 5.26 Å². The molecule has 0 aliphatic heterocycles. The van der Waals surface area contributed by atoms with E-state index in [1.54, 1.807) is 18.5 Å². The number of rotatable bonds is 6. The smallest absolute Gasteiger partial charge is 0.141 e. The fourth-order valence-corrected chi connectivity index (χ4v) is 4.23. The van der Waals surface area contributed by atoms with E-state index in [9.17, 15) is 9.65 Å². The number of nitriles is 1. The predicted octanol–water partition coefficient (Wildman–Crippen LogP) is 6.32. The monoisotopic (exact) mass is 518 g/mol. The number of halogens is 3. The topological polar surface area (TPSA) is 115 Å². The second-order valence-corrected chi connectivity index (χ2v) is 8.79. The van der Waals surface area contributed by atoms with Crippen LogP contribution in [0.2, 0.25) is 10.0 Å². The molecule has 0 spiro atoms. The van der Waals surface area contributed by atoms with E-state index in [1.165, 1.54) is 24.4 Å². The van der Waals surface area contributed by atoms with E-state index in [0.29, 0.717) is 38.7 Å². The van der Waals surface area contributed by atoms with Crippen LogP contribution < -0.4 is 10.6 Å². The van der Waals surface area contributed by atoms with E-state index in [-0.39, 0.29) is 16.6 Å². The molecule has 2 aromatic carbocycles. The van der Waals surface area contributed by atoms with Gasteiger partial charge < -0.3 is 10.6 Å². The number of pyridine rings is 2. The van der Waals surface area contributed by atoms with Gasteiger partial charge in [0.2, 0.25) is 0 Å². The third kappa shape index (κ3) is 4.64. The van der Waals surface area contributed by atoms with Crippen LogP contribution in [-0.2, 0) is 0 Å². The summed E-state index contributed by atoms with van der Waals surface area (Å²) < 4.78 is 13.7. The standard InChI is InChI=1S/C25H17Cl2FN8/c1-13-2-3-14(10-30-13)24(22-12-32-36-35-22)34-17-6-18-23(33-16-4-5-21(28)19(26)7-16)15(9-29)11-31-25(18)20(27)8-17/h2-8,10-12,24,34H,1H3,(H,31,33)(H,32,35,36)/t24-/m0/s1. The molecule has 0 bridgehead atoms. The van der Waals surface area contributed by atoms with Gasteiger partial charge in [0.1, 0.15) is 17.6 Å². The molecule has 0 saturated heterocycles. The highest BCUT2D eigenvalue weighted by Crippen LogP contribution is 2.37. The Morgan fingerprint density at radius 3 is 2.56 bits per heavy atom. The van der Waals surface area contributed by atoms with Crippen molar-refractivity contribution < 1.29 is 4.39 Å². The third-order valence-corrected chi connectivity index (χ3v) is 6.12. The van der Waals surface area contributed by atoms with Crippen molar-refractivity contribution in [3.05, 3.63) is 99.4 Å². The van der Waals surface area contributed by atoms with Crippen molar-refractivity contribution in [3.63, 3.8) is 0 Å². The van der Waals surface area contributed by atoms with E-state index in [2.05, 4.69) is 42.1 Å². The predicted molar refractivity (Wildman–Crippen MR) is 137 cm³/mol. The Labute approximate surface area is 215 Å². The van der Waals surface area contributed by atoms with Gasteiger partial charge in [0, 0.05) is 41.0 Å². The zero-order valence-corrected chi connectivity index (χ0v) is 20.2. The van der Waals surface area contributed by atoms with E-state index in [4.69, 9.17) is 23.2 Å². The first-order valence-electron chi connectivity index (χ1n) is 10.7. The number of aromatic nitrogens is 5. The fraction of sp³-hybridized carbons (Fsp3) is 0.0800. The van der Waals surface area contributed by atoms with Gasteiger partial charge >= 0.3 is 0 Å². The largest absolute Gasteiger partial charge is 0.373 e. The lowest BCUT2D eigenvalue weighted by Gasteiger charge is -2.20. The van der Waals surface area contributed by atoms with E-state index in [1.807, 2.05) is 25.1 Å². The Balaban J connectivity index is 1.61. The summed E-state index contributed by atoms with van der Waals surface area (Å²) in [6.07, 6.45) is 4.90. The molecule has 0 aliphatic rings. The molecule has 3 aromatic heterocycles. The van der Waals surface area contributed by atoms with Gasteiger partial charge in [-0.25, -0.2) is 4.39 Å². The first-order valence-corrected chi connectivity index (χ1v) is 11.5. The molecule has 5 aromatic rings. The minimum Gasteiger partial charge on any atom is -0.373 e. The van der Waals surface area contributed by atoms with Crippen LogP contribution in [0.4, 0.5) is 21.5 Å². The Hall–Kier alpha value is -4.26. The van der Waals surface area contributed by atoms with Crippen molar-refractivity contribution in [2.45, 2.75) is 13.0 Å². The zero-order valence-electron chi connectivity index (χ0n) is 18.7. The van der Waals surface area contributed by atoms with Crippen LogP contribution in [-0.4, -0.2) is 25.4 Å². The van der Waals surface area contributed by atoms with Crippen LogP contribution in [0, 0.1) is 24.1 Å². The van der Waals surface area contributed by atoms with Crippen molar-refractivity contribution in [2.24, 2.45) is 0 Å². The summed E-state index contributed by atoms with van der Waals surface area (Å²) in [7, 11) is 0. The fourth-order valence-electron chi connectivity index (χ4n) is 3.78. The highest BCUT2D eigenvalue weighted by molar-refractivity contribution is 6.36. The number of nitrogens with one attached hydrogen (secondary N) is 3. The number of nitrogens with zero attached hydrogens (tertiary/aromatic N) is 5. The highest BCUT2D eigenvalue weighted by Gasteiger charge is 2.20. The Morgan fingerprint density at radius 1 is 1.03 bits per heavy atom. The number of hydrogen-bond acceptors (Lipinski definition) is 7. The molecule has 178 valence electrons. The molecule has 8 nitrogen and oxygen atoms in total. The molecule has 5 rings (SSSR count). The molecule has 36 heavy (non-hydrogen) atoms. The second-order valence-electron chi connectivity index (χ2n) is 7.98. The number of hydrogen-bond donors (Lipinski definition) is 3. The van der Waals surface area contributed by atoms with Crippen molar-refractivity contribution in [3.8, 4) is 6.07 Å². The van der Waals surface area contributed by atoms with Crippen molar-refractivity contribution in [1.82, 2.24) is 25.4 Å². The first-order chi connectivity index (χ1) is 17.4. The van der Waals surface area contributed by atoms with Crippen molar-refractivity contribution in [1.29, 1.82) is 5.26 Å². The number of H-pyrrole nitrogens is 1. The molecule has 11 heteroatoms. The molecule has 0 radical (unpaired) electrons. The first kappa shape index (κ1) is 23.5. The molecule has 0 unspecified atom stereocenters. The zero-order chi connectivity index (χ0) is 25.2. The average Bonchev–Trinajstić information content (AvgIpc) is 3.40. The molecule has 0 fully saturated rings. The van der Waals surface area contributed by atoms with Crippen LogP contribution in [0.25, 0.3) is 10.9 Å². The molecular weight excluding hydrogens is 502 g/mol. The maximum absolute atomic E-state index is 13.7. The lowest BCUT2D eigenvalue weighted by molar-refractivity contribution is 0.628. The number of aromatic amines is 1.